The van der Waals surface area contributed by atoms with E-state index < -0.39 is 5.82 Å². The van der Waals surface area contributed by atoms with Crippen LogP contribution >= 0.6 is 11.6 Å². The zero-order valence-electron chi connectivity index (χ0n) is 6.35. The van der Waals surface area contributed by atoms with Gasteiger partial charge in [0.05, 0.1) is 0 Å². The molecule has 12 heavy (non-hydrogen) atoms. The Morgan fingerprint density at radius 2 is 2.17 bits per heavy atom. The highest BCUT2D eigenvalue weighted by molar-refractivity contribution is 6.30. The Morgan fingerprint density at radius 3 is 2.67 bits per heavy atom. The van der Waals surface area contributed by atoms with Crippen LogP contribution in [0, 0.1) is 5.82 Å². The summed E-state index contributed by atoms with van der Waals surface area (Å²) in [5.41, 5.74) is 0.740. The van der Waals surface area contributed by atoms with E-state index in [0.717, 1.165) is 0 Å². The predicted molar refractivity (Wildman–Crippen MR) is 50.7 cm³/mol. The standard InChI is InChI=1S/C9H7ClFN/c1-3-6-4-7(10)5-8(11)9(6)12-2/h3-5H,1-2H2. The van der Waals surface area contributed by atoms with Crippen molar-refractivity contribution in [3.63, 3.8) is 0 Å². The summed E-state index contributed by atoms with van der Waals surface area (Å²) in [5.74, 6) is -0.479. The number of hydrogen-bond donors (Lipinski definition) is 0. The van der Waals surface area contributed by atoms with Gasteiger partial charge in [-0.2, -0.15) is 0 Å². The van der Waals surface area contributed by atoms with E-state index in [9.17, 15) is 4.39 Å². The summed E-state index contributed by atoms with van der Waals surface area (Å²) in [6, 6.07) is 2.78. The quantitative estimate of drug-likeness (QED) is 0.623. The molecule has 0 spiro atoms. The minimum absolute atomic E-state index is 0.189. The monoisotopic (exact) mass is 183 g/mol. The van der Waals surface area contributed by atoms with Crippen LogP contribution in [-0.4, -0.2) is 6.72 Å². The topological polar surface area (TPSA) is 12.4 Å². The Bertz CT molecular complexity index is 334. The summed E-state index contributed by atoms with van der Waals surface area (Å²) in [6.07, 6.45) is 1.49. The molecule has 0 aliphatic rings. The third-order valence-corrected chi connectivity index (χ3v) is 1.65. The molecule has 0 aromatic heterocycles. The van der Waals surface area contributed by atoms with Crippen molar-refractivity contribution in [2.45, 2.75) is 0 Å². The van der Waals surface area contributed by atoms with Crippen molar-refractivity contribution >= 4 is 30.1 Å². The van der Waals surface area contributed by atoms with Gasteiger partial charge in [0.25, 0.3) is 0 Å². The van der Waals surface area contributed by atoms with E-state index in [1.807, 2.05) is 0 Å². The van der Waals surface area contributed by atoms with Gasteiger partial charge in [0.2, 0.25) is 0 Å². The maximum absolute atomic E-state index is 13.0. The number of aliphatic imine (C=N–C) groups is 1. The van der Waals surface area contributed by atoms with Gasteiger partial charge in [-0.05, 0) is 18.9 Å². The first-order valence-electron chi connectivity index (χ1n) is 3.27. The third kappa shape index (κ3) is 1.53. The molecule has 0 saturated carbocycles. The van der Waals surface area contributed by atoms with E-state index in [0.29, 0.717) is 10.6 Å². The lowest BCUT2D eigenvalue weighted by Gasteiger charge is -2.01. The summed E-state index contributed by atoms with van der Waals surface area (Å²) in [7, 11) is 0. The first-order valence-corrected chi connectivity index (χ1v) is 3.65. The van der Waals surface area contributed by atoms with Crippen molar-refractivity contribution in [2.24, 2.45) is 4.99 Å². The fourth-order valence-electron chi connectivity index (χ4n) is 0.908. The van der Waals surface area contributed by atoms with E-state index >= 15 is 0 Å². The van der Waals surface area contributed by atoms with Gasteiger partial charge < -0.3 is 0 Å². The number of benzene rings is 1. The van der Waals surface area contributed by atoms with Crippen LogP contribution in [0.5, 0.6) is 0 Å². The summed E-state index contributed by atoms with van der Waals surface area (Å²) >= 11 is 5.61. The van der Waals surface area contributed by atoms with E-state index in [4.69, 9.17) is 11.6 Å². The van der Waals surface area contributed by atoms with Crippen molar-refractivity contribution in [1.82, 2.24) is 0 Å². The van der Waals surface area contributed by atoms with Crippen molar-refractivity contribution in [3.8, 4) is 0 Å². The van der Waals surface area contributed by atoms with Crippen molar-refractivity contribution in [1.29, 1.82) is 0 Å². The van der Waals surface area contributed by atoms with Gasteiger partial charge in [-0.1, -0.05) is 24.3 Å². The largest absolute Gasteiger partial charge is 0.261 e. The van der Waals surface area contributed by atoms with Gasteiger partial charge in [-0.3, -0.25) is 4.99 Å². The lowest BCUT2D eigenvalue weighted by molar-refractivity contribution is 0.630. The second-order valence-electron chi connectivity index (χ2n) is 2.19. The fourth-order valence-corrected chi connectivity index (χ4v) is 1.12. The van der Waals surface area contributed by atoms with Crippen LogP contribution in [0.3, 0.4) is 0 Å². The molecule has 1 aromatic carbocycles. The molecule has 0 radical (unpaired) electrons. The highest BCUT2D eigenvalue weighted by atomic mass is 35.5. The lowest BCUT2D eigenvalue weighted by atomic mass is 10.2. The van der Waals surface area contributed by atoms with Gasteiger partial charge in [-0.15, -0.1) is 0 Å². The molecule has 0 heterocycles. The molecule has 0 unspecified atom stereocenters. The maximum Gasteiger partial charge on any atom is 0.150 e. The molecular formula is C9H7ClFN. The molecule has 1 nitrogen and oxygen atoms in total. The average Bonchev–Trinajstić information content (AvgIpc) is 2.03. The highest BCUT2D eigenvalue weighted by Gasteiger charge is 2.05. The molecule has 0 N–H and O–H groups in total. The summed E-state index contributed by atoms with van der Waals surface area (Å²) in [6.45, 7) is 6.76. The third-order valence-electron chi connectivity index (χ3n) is 1.44. The number of nitrogens with zero attached hydrogens (tertiary/aromatic N) is 1. The molecule has 1 aromatic rings. The van der Waals surface area contributed by atoms with Gasteiger partial charge in [0.15, 0.2) is 5.82 Å². The molecule has 0 bridgehead atoms. The van der Waals surface area contributed by atoms with Crippen LogP contribution in [0.1, 0.15) is 5.56 Å². The minimum Gasteiger partial charge on any atom is -0.261 e. The second-order valence-corrected chi connectivity index (χ2v) is 2.62. The molecular weight excluding hydrogens is 177 g/mol. The lowest BCUT2D eigenvalue weighted by Crippen LogP contribution is -1.81. The van der Waals surface area contributed by atoms with Gasteiger partial charge in [0.1, 0.15) is 5.69 Å². The average molecular weight is 184 g/mol. The molecule has 0 amide bonds. The molecule has 1 rings (SSSR count). The van der Waals surface area contributed by atoms with Gasteiger partial charge in [-0.25, -0.2) is 4.39 Å². The Morgan fingerprint density at radius 1 is 1.50 bits per heavy atom. The zero-order valence-corrected chi connectivity index (χ0v) is 7.11. The second kappa shape index (κ2) is 3.50. The fraction of sp³-hybridized carbons (Fsp3) is 0. The molecule has 0 atom stereocenters. The maximum atomic E-state index is 13.0. The molecule has 0 aliphatic carbocycles. The summed E-state index contributed by atoms with van der Waals surface area (Å²) in [4.78, 5) is 3.53. The van der Waals surface area contributed by atoms with Crippen molar-refractivity contribution < 1.29 is 4.39 Å². The molecule has 0 fully saturated rings. The SMILES string of the molecule is C=Cc1cc(Cl)cc(F)c1N=C. The van der Waals surface area contributed by atoms with Crippen LogP contribution in [0.25, 0.3) is 6.08 Å². The highest BCUT2D eigenvalue weighted by Crippen LogP contribution is 2.27. The molecule has 0 aliphatic heterocycles. The predicted octanol–water partition coefficient (Wildman–Crippen LogP) is 3.45. The van der Waals surface area contributed by atoms with Crippen LogP contribution < -0.4 is 0 Å². The Labute approximate surface area is 75.2 Å². The zero-order chi connectivity index (χ0) is 9.14. The van der Waals surface area contributed by atoms with Gasteiger partial charge >= 0.3 is 0 Å². The van der Waals surface area contributed by atoms with Crippen LogP contribution in [0.15, 0.2) is 23.7 Å². The number of halogens is 2. The van der Waals surface area contributed by atoms with Crippen LogP contribution in [-0.2, 0) is 0 Å². The van der Waals surface area contributed by atoms with E-state index in [1.165, 1.54) is 12.1 Å². The minimum atomic E-state index is -0.479. The normalized spacial score (nSPS) is 9.50. The van der Waals surface area contributed by atoms with E-state index in [1.54, 1.807) is 6.07 Å². The van der Waals surface area contributed by atoms with Crippen molar-refractivity contribution in [3.05, 3.63) is 35.1 Å². The number of hydrogen-bond acceptors (Lipinski definition) is 1. The molecule has 3 heteroatoms. The van der Waals surface area contributed by atoms with Crippen LogP contribution in [0.4, 0.5) is 10.1 Å². The molecule has 0 saturated heterocycles. The van der Waals surface area contributed by atoms with Crippen molar-refractivity contribution in [2.75, 3.05) is 0 Å². The van der Waals surface area contributed by atoms with E-state index in [-0.39, 0.29) is 5.69 Å². The number of rotatable bonds is 2. The summed E-state index contributed by atoms with van der Waals surface area (Å²) in [5, 5.41) is 0.329. The first-order chi connectivity index (χ1) is 5.69. The van der Waals surface area contributed by atoms with Gasteiger partial charge in [0, 0.05) is 10.6 Å². The Hall–Kier alpha value is -1.15. The summed E-state index contributed by atoms with van der Waals surface area (Å²) < 4.78 is 13.0. The smallest absolute Gasteiger partial charge is 0.150 e. The Balaban J connectivity index is 3.43. The first kappa shape index (κ1) is 8.94. The van der Waals surface area contributed by atoms with Crippen LogP contribution in [0.2, 0.25) is 5.02 Å². The van der Waals surface area contributed by atoms with E-state index in [2.05, 4.69) is 18.3 Å². The molecule has 62 valence electrons. The Kier molecular flexibility index (Phi) is 2.61.